The summed E-state index contributed by atoms with van der Waals surface area (Å²) in [6.45, 7) is -0.505. The summed E-state index contributed by atoms with van der Waals surface area (Å²) in [4.78, 5) is 16.9. The molecule has 5 atom stereocenters. The zero-order valence-corrected chi connectivity index (χ0v) is 21.6. The number of aromatic nitrogens is 3. The molecule has 3 aliphatic rings. The van der Waals surface area contributed by atoms with Crippen LogP contribution >= 0.6 is 0 Å². The molecule has 2 fully saturated rings. The van der Waals surface area contributed by atoms with Gasteiger partial charge in [0.15, 0.2) is 17.5 Å². The minimum Gasteiger partial charge on any atom is -0.446 e. The van der Waals surface area contributed by atoms with Gasteiger partial charge in [0, 0.05) is 25.5 Å². The number of hydrogen-bond acceptors (Lipinski definition) is 10. The van der Waals surface area contributed by atoms with Gasteiger partial charge in [-0.15, -0.1) is 5.10 Å². The third kappa shape index (κ3) is 5.50. The summed E-state index contributed by atoms with van der Waals surface area (Å²) in [5, 5.41) is 33.2. The van der Waals surface area contributed by atoms with Crippen LogP contribution in [0.1, 0.15) is 44.6 Å². The molecule has 1 saturated heterocycles. The topological polar surface area (TPSA) is 164 Å². The summed E-state index contributed by atoms with van der Waals surface area (Å²) in [7, 11) is 1.43. The highest BCUT2D eigenvalue weighted by atomic mass is 19.2. The van der Waals surface area contributed by atoms with Crippen molar-refractivity contribution < 1.29 is 47.2 Å². The summed E-state index contributed by atoms with van der Waals surface area (Å²) in [5.74, 6) is -4.36. The van der Waals surface area contributed by atoms with Crippen LogP contribution in [0, 0.1) is 17.5 Å². The van der Waals surface area contributed by atoms with E-state index in [1.54, 1.807) is 0 Å². The highest BCUT2D eigenvalue weighted by molar-refractivity contribution is 5.86. The number of oxime groups is 1. The number of aliphatic hydroxyl groups is 2. The largest absolute Gasteiger partial charge is 0.446 e. The molecule has 1 amide bonds. The fraction of sp³-hybridized carbons (Fsp3) is 0.600. The van der Waals surface area contributed by atoms with E-state index in [4.69, 9.17) is 24.8 Å². The minimum absolute atomic E-state index is 0.0369. The molecule has 218 valence electrons. The highest BCUT2D eigenvalue weighted by Gasteiger charge is 2.49. The number of ether oxygens (including phenoxy) is 3. The SMILES string of the molecule is CO[C@@H]1[C@@H](n2cc(-c3cc(F)c(F)c(F)c3)nn2)[C@@H](O)[C@@H](CO)O[C@@H]1CC1=NOC2(CCC(OC(N)=O)CC2)C1. The van der Waals surface area contributed by atoms with Gasteiger partial charge >= 0.3 is 6.09 Å². The van der Waals surface area contributed by atoms with Crippen LogP contribution in [0.3, 0.4) is 0 Å². The van der Waals surface area contributed by atoms with Gasteiger partial charge in [-0.25, -0.2) is 22.6 Å². The molecule has 0 bridgehead atoms. The number of aliphatic hydroxyl groups excluding tert-OH is 2. The lowest BCUT2D eigenvalue weighted by atomic mass is 9.79. The number of carbonyl (C=O) groups excluding carboxylic acids is 1. The summed E-state index contributed by atoms with van der Waals surface area (Å²) >= 11 is 0. The number of hydrogen-bond donors (Lipinski definition) is 3. The molecule has 1 aliphatic carbocycles. The quantitative estimate of drug-likeness (QED) is 0.423. The predicted octanol–water partition coefficient (Wildman–Crippen LogP) is 1.98. The van der Waals surface area contributed by atoms with Gasteiger partial charge < -0.3 is 35.0 Å². The number of amides is 1. The van der Waals surface area contributed by atoms with Crippen LogP contribution in [0.15, 0.2) is 23.5 Å². The molecule has 0 radical (unpaired) electrons. The molecule has 15 heteroatoms. The lowest BCUT2D eigenvalue weighted by molar-refractivity contribution is -0.210. The Kier molecular flexibility index (Phi) is 7.99. The van der Waals surface area contributed by atoms with Gasteiger partial charge in [0.05, 0.1) is 24.6 Å². The van der Waals surface area contributed by atoms with Gasteiger partial charge in [-0.2, -0.15) is 0 Å². The molecular weight excluding hydrogens is 539 g/mol. The number of nitrogens with two attached hydrogens (primary N) is 1. The average Bonchev–Trinajstić information content (AvgIpc) is 3.56. The lowest BCUT2D eigenvalue weighted by Crippen LogP contribution is -2.57. The van der Waals surface area contributed by atoms with Crippen molar-refractivity contribution in [3.63, 3.8) is 0 Å². The molecule has 40 heavy (non-hydrogen) atoms. The highest BCUT2D eigenvalue weighted by Crippen LogP contribution is 2.41. The van der Waals surface area contributed by atoms with Crippen LogP contribution < -0.4 is 5.73 Å². The first-order valence-corrected chi connectivity index (χ1v) is 12.9. The average molecular weight is 570 g/mol. The van der Waals surface area contributed by atoms with Gasteiger partial charge in [0.2, 0.25) is 0 Å². The predicted molar refractivity (Wildman–Crippen MR) is 130 cm³/mol. The third-order valence-electron chi connectivity index (χ3n) is 7.79. The number of halogens is 3. The fourth-order valence-corrected chi connectivity index (χ4v) is 5.80. The van der Waals surface area contributed by atoms with E-state index in [1.807, 2.05) is 0 Å². The second kappa shape index (κ2) is 11.3. The van der Waals surface area contributed by atoms with Crippen LogP contribution in [-0.4, -0.2) is 86.8 Å². The molecule has 4 N–H and O–H groups in total. The second-order valence-corrected chi connectivity index (χ2v) is 10.4. The van der Waals surface area contributed by atoms with E-state index in [2.05, 4.69) is 15.5 Å². The number of carbonyl (C=O) groups is 1. The first-order valence-electron chi connectivity index (χ1n) is 12.9. The zero-order chi connectivity index (χ0) is 28.6. The standard InChI is InChI=1S/C25H30F3N5O7/c1-37-23-18(8-13-9-25(40-31-13)4-2-14(3-5-25)38-24(29)36)39-19(11-34)22(35)21(23)33-10-17(30-32-33)12-6-15(26)20(28)16(27)7-12/h6-7,10,14,18-19,21-23,34-35H,2-5,8-9,11H2,1H3,(H2,29,36)/t14?,18-,19-,21+,22+,23+,25?/m1/s1. The second-order valence-electron chi connectivity index (χ2n) is 10.4. The fourth-order valence-electron chi connectivity index (χ4n) is 5.80. The zero-order valence-electron chi connectivity index (χ0n) is 21.6. The van der Waals surface area contributed by atoms with E-state index >= 15 is 0 Å². The molecule has 0 unspecified atom stereocenters. The van der Waals surface area contributed by atoms with Gasteiger partial charge in [-0.1, -0.05) is 10.4 Å². The third-order valence-corrected chi connectivity index (χ3v) is 7.79. The molecule has 3 heterocycles. The number of benzene rings is 1. The van der Waals surface area contributed by atoms with E-state index in [0.717, 1.165) is 12.1 Å². The van der Waals surface area contributed by atoms with Gasteiger partial charge in [-0.3, -0.25) is 0 Å². The van der Waals surface area contributed by atoms with Crippen molar-refractivity contribution >= 4 is 11.8 Å². The van der Waals surface area contributed by atoms with E-state index in [9.17, 15) is 28.2 Å². The molecule has 1 aromatic heterocycles. The maximum Gasteiger partial charge on any atom is 0.404 e. The Hall–Kier alpha value is -3.27. The Labute approximate surface area is 226 Å². The van der Waals surface area contributed by atoms with Crippen molar-refractivity contribution in [3.05, 3.63) is 35.8 Å². The van der Waals surface area contributed by atoms with E-state index in [0.29, 0.717) is 37.8 Å². The first-order chi connectivity index (χ1) is 19.1. The summed E-state index contributed by atoms with van der Waals surface area (Å²) in [5.41, 5.74) is 5.28. The molecule has 12 nitrogen and oxygen atoms in total. The van der Waals surface area contributed by atoms with Gasteiger partial charge in [0.1, 0.15) is 41.8 Å². The Balaban J connectivity index is 1.32. The number of nitrogens with zero attached hydrogens (tertiary/aromatic N) is 4. The van der Waals surface area contributed by atoms with Crippen molar-refractivity contribution in [1.29, 1.82) is 0 Å². The molecule has 1 spiro atoms. The Morgan fingerprint density at radius 2 is 1.93 bits per heavy atom. The minimum atomic E-state index is -1.60. The number of primary amides is 1. The maximum absolute atomic E-state index is 13.8. The van der Waals surface area contributed by atoms with Gasteiger partial charge in [0.25, 0.3) is 0 Å². The number of rotatable bonds is 7. The number of methoxy groups -OCH3 is 1. The van der Waals surface area contributed by atoms with Crippen LogP contribution in [0.2, 0.25) is 0 Å². The van der Waals surface area contributed by atoms with Crippen molar-refractivity contribution in [2.75, 3.05) is 13.7 Å². The Morgan fingerprint density at radius 3 is 2.55 bits per heavy atom. The molecule has 2 aliphatic heterocycles. The van der Waals surface area contributed by atoms with E-state index in [1.165, 1.54) is 18.0 Å². The van der Waals surface area contributed by atoms with Crippen LogP contribution in [0.25, 0.3) is 11.3 Å². The Morgan fingerprint density at radius 1 is 1.23 bits per heavy atom. The van der Waals surface area contributed by atoms with Crippen molar-refractivity contribution in [2.45, 2.75) is 80.7 Å². The van der Waals surface area contributed by atoms with Crippen molar-refractivity contribution in [1.82, 2.24) is 15.0 Å². The van der Waals surface area contributed by atoms with Crippen LogP contribution in [0.5, 0.6) is 0 Å². The Bertz CT molecular complexity index is 1250. The van der Waals surface area contributed by atoms with Crippen molar-refractivity contribution in [3.8, 4) is 11.3 Å². The molecule has 2 aromatic rings. The summed E-state index contributed by atoms with van der Waals surface area (Å²) in [6.07, 6.45) is -0.318. The van der Waals surface area contributed by atoms with Crippen molar-refractivity contribution in [2.24, 2.45) is 10.9 Å². The summed E-state index contributed by atoms with van der Waals surface area (Å²) in [6, 6.07) is 0.680. The van der Waals surface area contributed by atoms with E-state index < -0.39 is 66.2 Å². The summed E-state index contributed by atoms with van der Waals surface area (Å²) < 4.78 is 59.1. The van der Waals surface area contributed by atoms with Crippen LogP contribution in [-0.2, 0) is 19.0 Å². The normalized spacial score (nSPS) is 32.1. The van der Waals surface area contributed by atoms with Gasteiger partial charge in [-0.05, 0) is 37.8 Å². The monoisotopic (exact) mass is 569 g/mol. The maximum atomic E-state index is 13.8. The molecule has 1 saturated carbocycles. The smallest absolute Gasteiger partial charge is 0.404 e. The van der Waals surface area contributed by atoms with E-state index in [-0.39, 0.29) is 23.8 Å². The lowest BCUT2D eigenvalue weighted by Gasteiger charge is -2.43. The van der Waals surface area contributed by atoms with Crippen LogP contribution in [0.4, 0.5) is 18.0 Å². The molecule has 5 rings (SSSR count). The molecular formula is C25H30F3N5O7. The first kappa shape index (κ1) is 28.3. The molecule has 1 aromatic carbocycles.